The summed E-state index contributed by atoms with van der Waals surface area (Å²) in [5.41, 5.74) is 1.42. The SMILES string of the molecule is C[Si](C)(C)O[C@@]12C[C@H](CI)O[C@@H]1O[C@H](c1ccccc1)[C@@H](c1ccccc1)O[C@H](CC#N)C2. The molecule has 7 heteroatoms. The Labute approximate surface area is 211 Å². The molecule has 176 valence electrons. The smallest absolute Gasteiger partial charge is 0.186 e. The first-order valence-corrected chi connectivity index (χ1v) is 16.5. The van der Waals surface area contributed by atoms with E-state index in [1.807, 2.05) is 36.4 Å². The van der Waals surface area contributed by atoms with Crippen molar-refractivity contribution in [2.75, 3.05) is 4.43 Å². The number of rotatable bonds is 6. The van der Waals surface area contributed by atoms with Gasteiger partial charge in [-0.2, -0.15) is 5.26 Å². The average Bonchev–Trinajstić information content (AvgIpc) is 3.10. The van der Waals surface area contributed by atoms with E-state index in [1.54, 1.807) is 0 Å². The van der Waals surface area contributed by atoms with Gasteiger partial charge in [-0.25, -0.2) is 0 Å². The van der Waals surface area contributed by atoms with Gasteiger partial charge in [0.25, 0.3) is 0 Å². The summed E-state index contributed by atoms with van der Waals surface area (Å²) >= 11 is 2.37. The monoisotopic (exact) mass is 577 g/mol. The van der Waals surface area contributed by atoms with Crippen LogP contribution in [0.25, 0.3) is 0 Å². The van der Waals surface area contributed by atoms with Crippen molar-refractivity contribution in [3.63, 3.8) is 0 Å². The summed E-state index contributed by atoms with van der Waals surface area (Å²) in [6.45, 7) is 6.57. The van der Waals surface area contributed by atoms with Gasteiger partial charge in [-0.1, -0.05) is 83.3 Å². The normalized spacial score (nSPS) is 32.4. The lowest BCUT2D eigenvalue weighted by molar-refractivity contribution is -0.267. The van der Waals surface area contributed by atoms with Gasteiger partial charge >= 0.3 is 0 Å². The number of nitriles is 1. The Hall–Kier alpha value is -1.28. The van der Waals surface area contributed by atoms with Crippen LogP contribution in [-0.2, 0) is 18.6 Å². The van der Waals surface area contributed by atoms with Crippen molar-refractivity contribution >= 4 is 30.9 Å². The van der Waals surface area contributed by atoms with Gasteiger partial charge in [0.05, 0.1) is 24.7 Å². The van der Waals surface area contributed by atoms with Gasteiger partial charge in [0.1, 0.15) is 17.8 Å². The molecule has 6 atom stereocenters. The Kier molecular flexibility index (Phi) is 7.93. The number of fused-ring (bicyclic) bond motifs is 1. The first kappa shape index (κ1) is 24.8. The van der Waals surface area contributed by atoms with Crippen molar-refractivity contribution in [3.8, 4) is 6.07 Å². The zero-order valence-electron chi connectivity index (χ0n) is 19.4. The van der Waals surface area contributed by atoms with E-state index < -0.39 is 26.3 Å². The molecule has 0 N–H and O–H groups in total. The molecule has 0 spiro atoms. The van der Waals surface area contributed by atoms with Gasteiger partial charge in [-0.05, 0) is 30.8 Å². The third-order valence-corrected chi connectivity index (χ3v) is 8.03. The van der Waals surface area contributed by atoms with Crippen LogP contribution >= 0.6 is 22.6 Å². The first-order chi connectivity index (χ1) is 15.8. The minimum absolute atomic E-state index is 0.0411. The van der Waals surface area contributed by atoms with E-state index in [9.17, 15) is 5.26 Å². The van der Waals surface area contributed by atoms with Crippen LogP contribution in [0.5, 0.6) is 0 Å². The molecule has 4 rings (SSSR count). The number of hydrogen-bond acceptors (Lipinski definition) is 5. The van der Waals surface area contributed by atoms with E-state index in [0.717, 1.165) is 22.0 Å². The maximum atomic E-state index is 9.65. The number of benzene rings is 2. The Morgan fingerprint density at radius 1 is 0.909 bits per heavy atom. The average molecular weight is 578 g/mol. The van der Waals surface area contributed by atoms with Crippen LogP contribution in [0.3, 0.4) is 0 Å². The summed E-state index contributed by atoms with van der Waals surface area (Å²) in [5, 5.41) is 9.65. The van der Waals surface area contributed by atoms with E-state index in [1.165, 1.54) is 0 Å². The third-order valence-electron chi connectivity index (χ3n) is 6.03. The maximum absolute atomic E-state index is 9.65. The van der Waals surface area contributed by atoms with Crippen LogP contribution in [0.2, 0.25) is 19.6 Å². The van der Waals surface area contributed by atoms with Crippen molar-refractivity contribution in [2.45, 2.75) is 75.2 Å². The largest absolute Gasteiger partial charge is 0.407 e. The van der Waals surface area contributed by atoms with Crippen LogP contribution in [0, 0.1) is 11.3 Å². The molecule has 2 heterocycles. The van der Waals surface area contributed by atoms with Crippen molar-refractivity contribution in [3.05, 3.63) is 71.8 Å². The molecule has 2 aromatic carbocycles. The van der Waals surface area contributed by atoms with Crippen LogP contribution in [0.4, 0.5) is 0 Å². The Balaban J connectivity index is 1.81. The first-order valence-electron chi connectivity index (χ1n) is 11.5. The molecule has 2 saturated heterocycles. The predicted molar refractivity (Wildman–Crippen MR) is 138 cm³/mol. The van der Waals surface area contributed by atoms with Gasteiger partial charge in [0, 0.05) is 17.3 Å². The fourth-order valence-corrected chi connectivity index (χ4v) is 6.93. The van der Waals surface area contributed by atoms with Crippen LogP contribution in [0.15, 0.2) is 60.7 Å². The topological polar surface area (TPSA) is 60.7 Å². The highest BCUT2D eigenvalue weighted by Gasteiger charge is 2.56. The van der Waals surface area contributed by atoms with Crippen molar-refractivity contribution in [1.29, 1.82) is 5.26 Å². The number of alkyl halides is 1. The third kappa shape index (κ3) is 5.87. The second-order valence-corrected chi connectivity index (χ2v) is 15.2. The van der Waals surface area contributed by atoms with Crippen molar-refractivity contribution < 1.29 is 18.6 Å². The van der Waals surface area contributed by atoms with Crippen LogP contribution in [-0.4, -0.2) is 36.8 Å². The summed E-state index contributed by atoms with van der Waals surface area (Å²) in [7, 11) is -1.96. The number of nitrogens with zero attached hydrogens (tertiary/aromatic N) is 1. The fraction of sp³-hybridized carbons (Fsp3) is 0.500. The molecular weight excluding hydrogens is 545 g/mol. The number of ether oxygens (including phenoxy) is 3. The second-order valence-electron chi connectivity index (χ2n) is 9.85. The van der Waals surface area contributed by atoms with Crippen molar-refractivity contribution in [2.24, 2.45) is 0 Å². The molecule has 0 saturated carbocycles. The molecule has 0 aromatic heterocycles. The molecule has 0 aliphatic carbocycles. The van der Waals surface area contributed by atoms with Gasteiger partial charge < -0.3 is 18.6 Å². The Bertz CT molecular complexity index is 948. The molecule has 2 aromatic rings. The molecule has 0 unspecified atom stereocenters. The molecule has 0 bridgehead atoms. The van der Waals surface area contributed by atoms with E-state index in [-0.39, 0.29) is 18.3 Å². The fourth-order valence-electron chi connectivity index (χ4n) is 4.93. The van der Waals surface area contributed by atoms with Crippen LogP contribution in [0.1, 0.15) is 42.6 Å². The summed E-state index contributed by atoms with van der Waals surface area (Å²) in [4.78, 5) is 0. The van der Waals surface area contributed by atoms with Gasteiger partial charge in [-0.3, -0.25) is 0 Å². The lowest BCUT2D eigenvalue weighted by Gasteiger charge is -2.45. The summed E-state index contributed by atoms with van der Waals surface area (Å²) in [6, 6.07) is 22.6. The zero-order valence-corrected chi connectivity index (χ0v) is 22.6. The van der Waals surface area contributed by atoms with Gasteiger partial charge in [0.15, 0.2) is 14.6 Å². The van der Waals surface area contributed by atoms with E-state index in [2.05, 4.69) is 72.6 Å². The standard InChI is InChI=1S/C26H32INO4Si/c1-33(2,3)32-26-16-21(14-15-28)29-23(19-10-6-4-7-11-19)24(20-12-8-5-9-13-20)31-25(26)30-22(17-26)18-27/h4-13,21-25H,14,16-18H2,1-3H3/t21-,22-,23-,24-,25-,26+/m1/s1. The Morgan fingerprint density at radius 2 is 1.45 bits per heavy atom. The predicted octanol–water partition coefficient (Wildman–Crippen LogP) is 6.33. The van der Waals surface area contributed by atoms with Crippen LogP contribution < -0.4 is 0 Å². The Morgan fingerprint density at radius 3 is 1.97 bits per heavy atom. The highest BCUT2D eigenvalue weighted by atomic mass is 127. The van der Waals surface area contributed by atoms with E-state index >= 15 is 0 Å². The summed E-state index contributed by atoms with van der Waals surface area (Å²) in [6.07, 6.45) is 0.0945. The molecule has 2 aliphatic heterocycles. The summed E-state index contributed by atoms with van der Waals surface area (Å²) < 4.78 is 27.8. The van der Waals surface area contributed by atoms with Gasteiger partial charge in [-0.15, -0.1) is 0 Å². The highest BCUT2D eigenvalue weighted by molar-refractivity contribution is 14.1. The minimum Gasteiger partial charge on any atom is -0.407 e. The lowest BCUT2D eigenvalue weighted by atomic mass is 9.88. The van der Waals surface area contributed by atoms with E-state index in [0.29, 0.717) is 12.8 Å². The zero-order chi connectivity index (χ0) is 23.5. The molecule has 2 fully saturated rings. The lowest BCUT2D eigenvalue weighted by Crippen LogP contribution is -2.53. The quantitative estimate of drug-likeness (QED) is 0.228. The highest BCUT2D eigenvalue weighted by Crippen LogP contribution is 2.49. The molecule has 0 amide bonds. The maximum Gasteiger partial charge on any atom is 0.186 e. The molecule has 5 nitrogen and oxygen atoms in total. The molecule has 0 radical (unpaired) electrons. The number of halogens is 1. The molecule has 2 aliphatic rings. The van der Waals surface area contributed by atoms with Crippen molar-refractivity contribution in [1.82, 2.24) is 0 Å². The second kappa shape index (κ2) is 10.5. The number of hydrogen-bond donors (Lipinski definition) is 0. The molecular formula is C26H32INO4Si. The van der Waals surface area contributed by atoms with E-state index in [4.69, 9.17) is 18.6 Å². The molecule has 33 heavy (non-hydrogen) atoms. The van der Waals surface area contributed by atoms with Gasteiger partial charge in [0.2, 0.25) is 0 Å². The minimum atomic E-state index is -1.96. The summed E-state index contributed by atoms with van der Waals surface area (Å²) in [5.74, 6) is 0.